The fourth-order valence-electron chi connectivity index (χ4n) is 4.05. The van der Waals surface area contributed by atoms with Gasteiger partial charge in [0.2, 0.25) is 21.8 Å². The van der Waals surface area contributed by atoms with Crippen LogP contribution in [0.2, 0.25) is 10.0 Å². The lowest BCUT2D eigenvalue weighted by Crippen LogP contribution is -2.54. The molecule has 10 heteroatoms. The van der Waals surface area contributed by atoms with Gasteiger partial charge in [-0.15, -0.1) is 0 Å². The van der Waals surface area contributed by atoms with Crippen molar-refractivity contribution >= 4 is 50.7 Å². The van der Waals surface area contributed by atoms with Gasteiger partial charge in [-0.05, 0) is 36.6 Å². The predicted octanol–water partition coefficient (Wildman–Crippen LogP) is 5.31. The van der Waals surface area contributed by atoms with Gasteiger partial charge in [0.1, 0.15) is 12.6 Å². The molecule has 3 aromatic carbocycles. The van der Waals surface area contributed by atoms with Crippen LogP contribution in [0.15, 0.2) is 78.9 Å². The lowest BCUT2D eigenvalue weighted by Gasteiger charge is -2.34. The number of amides is 2. The first-order valence-corrected chi connectivity index (χ1v) is 15.2. The molecule has 1 N–H and O–H groups in total. The van der Waals surface area contributed by atoms with Crippen molar-refractivity contribution in [3.63, 3.8) is 0 Å². The minimum Gasteiger partial charge on any atom is -0.352 e. The van der Waals surface area contributed by atoms with Crippen LogP contribution in [0, 0.1) is 0 Å². The smallest absolute Gasteiger partial charge is 0.244 e. The number of nitrogens with zero attached hydrogens (tertiary/aromatic N) is 2. The largest absolute Gasteiger partial charge is 0.352 e. The molecule has 7 nitrogen and oxygen atoms in total. The highest BCUT2D eigenvalue weighted by atomic mass is 35.5. The van der Waals surface area contributed by atoms with Gasteiger partial charge in [-0.2, -0.15) is 0 Å². The van der Waals surface area contributed by atoms with E-state index in [9.17, 15) is 18.0 Å². The molecule has 0 saturated carbocycles. The normalized spacial score (nSPS) is 12.8. The molecule has 0 saturated heterocycles. The Balaban J connectivity index is 2.06. The third kappa shape index (κ3) is 8.46. The topological polar surface area (TPSA) is 86.8 Å². The molecule has 0 aliphatic rings. The number of benzene rings is 3. The van der Waals surface area contributed by atoms with Crippen molar-refractivity contribution in [2.45, 2.75) is 45.3 Å². The maximum atomic E-state index is 14.0. The van der Waals surface area contributed by atoms with E-state index in [-0.39, 0.29) is 40.6 Å². The Morgan fingerprint density at radius 2 is 1.49 bits per heavy atom. The molecule has 0 aromatic heterocycles. The van der Waals surface area contributed by atoms with E-state index in [2.05, 4.69) is 5.32 Å². The molecule has 0 heterocycles. The zero-order chi connectivity index (χ0) is 28.6. The van der Waals surface area contributed by atoms with Crippen molar-refractivity contribution in [1.82, 2.24) is 10.2 Å². The Hall–Kier alpha value is -3.07. The molecule has 0 radical (unpaired) electrons. The molecule has 0 aliphatic heterocycles. The fraction of sp³-hybridized carbons (Fsp3) is 0.310. The van der Waals surface area contributed by atoms with Gasteiger partial charge in [0.05, 0.1) is 22.0 Å². The number of rotatable bonds is 12. The van der Waals surface area contributed by atoms with Gasteiger partial charge in [-0.25, -0.2) is 8.42 Å². The lowest BCUT2D eigenvalue weighted by molar-refractivity contribution is -0.140. The van der Waals surface area contributed by atoms with Gasteiger partial charge in [-0.3, -0.25) is 13.9 Å². The Labute approximate surface area is 240 Å². The lowest BCUT2D eigenvalue weighted by atomic mass is 10.0. The standard InChI is InChI=1S/C29H33Cl2N3O4S/c1-4-21(2)32-29(36)26(18-22-12-7-5-8-13-22)33(19-23-14-9-6-10-15-23)27(35)20-34(39(3,37)38)25-17-11-16-24(30)28(25)31/h5-17,21,26H,4,18-20H2,1-3H3,(H,32,36)/t21-,26+/m0/s1. The monoisotopic (exact) mass is 589 g/mol. The number of hydrogen-bond donors (Lipinski definition) is 1. The van der Waals surface area contributed by atoms with Gasteiger partial charge >= 0.3 is 0 Å². The van der Waals surface area contributed by atoms with E-state index in [0.717, 1.165) is 21.7 Å². The second-order valence-corrected chi connectivity index (χ2v) is 12.1. The number of nitrogens with one attached hydrogen (secondary N) is 1. The summed E-state index contributed by atoms with van der Waals surface area (Å²) in [6.45, 7) is 3.40. The van der Waals surface area contributed by atoms with Gasteiger partial charge in [0.15, 0.2) is 0 Å². The van der Waals surface area contributed by atoms with Crippen LogP contribution in [0.25, 0.3) is 0 Å². The van der Waals surface area contributed by atoms with Crippen LogP contribution in [-0.4, -0.2) is 50.0 Å². The van der Waals surface area contributed by atoms with Gasteiger partial charge in [-0.1, -0.05) is 96.9 Å². The van der Waals surface area contributed by atoms with E-state index in [1.807, 2.05) is 74.5 Å². The van der Waals surface area contributed by atoms with Crippen LogP contribution in [0.4, 0.5) is 5.69 Å². The van der Waals surface area contributed by atoms with Gasteiger partial charge in [0.25, 0.3) is 0 Å². The summed E-state index contributed by atoms with van der Waals surface area (Å²) in [5.41, 5.74) is 1.75. The first kappa shape index (κ1) is 30.5. The van der Waals surface area contributed by atoms with E-state index < -0.39 is 28.5 Å². The Morgan fingerprint density at radius 3 is 2.05 bits per heavy atom. The minimum absolute atomic E-state index is 0.0161. The third-order valence-electron chi connectivity index (χ3n) is 6.35. The molecular formula is C29H33Cl2N3O4S. The molecule has 0 aliphatic carbocycles. The Kier molecular flexibility index (Phi) is 10.8. The highest BCUT2D eigenvalue weighted by Crippen LogP contribution is 2.33. The van der Waals surface area contributed by atoms with E-state index in [4.69, 9.17) is 23.2 Å². The first-order valence-electron chi connectivity index (χ1n) is 12.6. The molecule has 0 bridgehead atoms. The molecule has 0 spiro atoms. The summed E-state index contributed by atoms with van der Waals surface area (Å²) in [6, 6.07) is 22.2. The average molecular weight is 591 g/mol. The summed E-state index contributed by atoms with van der Waals surface area (Å²) >= 11 is 12.5. The first-order chi connectivity index (χ1) is 18.5. The highest BCUT2D eigenvalue weighted by Gasteiger charge is 2.34. The van der Waals surface area contributed by atoms with Crippen molar-refractivity contribution in [3.05, 3.63) is 100 Å². The summed E-state index contributed by atoms with van der Waals surface area (Å²) in [7, 11) is -3.94. The van der Waals surface area contributed by atoms with Crippen LogP contribution >= 0.6 is 23.2 Å². The number of carbonyl (C=O) groups is 2. The molecule has 39 heavy (non-hydrogen) atoms. The fourth-order valence-corrected chi connectivity index (χ4v) is 5.36. The van der Waals surface area contributed by atoms with Crippen LogP contribution in [0.3, 0.4) is 0 Å². The summed E-state index contributed by atoms with van der Waals surface area (Å²) in [5, 5.41) is 3.17. The number of carbonyl (C=O) groups excluding carboxylic acids is 2. The Bertz CT molecular complexity index is 1370. The maximum absolute atomic E-state index is 14.0. The van der Waals surface area contributed by atoms with Crippen LogP contribution in [-0.2, 0) is 32.6 Å². The molecule has 2 amide bonds. The second-order valence-electron chi connectivity index (χ2n) is 9.37. The number of anilines is 1. The third-order valence-corrected chi connectivity index (χ3v) is 8.28. The van der Waals surface area contributed by atoms with E-state index in [1.165, 1.54) is 17.0 Å². The summed E-state index contributed by atoms with van der Waals surface area (Å²) < 4.78 is 26.7. The van der Waals surface area contributed by atoms with Crippen LogP contribution in [0.5, 0.6) is 0 Å². The summed E-state index contributed by atoms with van der Waals surface area (Å²) in [6.07, 6.45) is 1.96. The van der Waals surface area contributed by atoms with Crippen LogP contribution < -0.4 is 9.62 Å². The number of halogens is 2. The van der Waals surface area contributed by atoms with Crippen molar-refractivity contribution in [1.29, 1.82) is 0 Å². The molecule has 0 fully saturated rings. The maximum Gasteiger partial charge on any atom is 0.244 e. The van der Waals surface area contributed by atoms with Crippen molar-refractivity contribution in [2.24, 2.45) is 0 Å². The van der Waals surface area contributed by atoms with Crippen molar-refractivity contribution < 1.29 is 18.0 Å². The number of sulfonamides is 1. The van der Waals surface area contributed by atoms with E-state index in [0.29, 0.717) is 6.42 Å². The zero-order valence-electron chi connectivity index (χ0n) is 22.2. The quantitative estimate of drug-likeness (QED) is 0.310. The number of hydrogen-bond acceptors (Lipinski definition) is 4. The summed E-state index contributed by atoms with van der Waals surface area (Å²) in [5.74, 6) is -0.871. The molecule has 3 aromatic rings. The van der Waals surface area contributed by atoms with Gasteiger partial charge < -0.3 is 10.2 Å². The van der Waals surface area contributed by atoms with E-state index in [1.54, 1.807) is 6.07 Å². The molecule has 2 atom stereocenters. The summed E-state index contributed by atoms with van der Waals surface area (Å²) in [4.78, 5) is 29.1. The zero-order valence-corrected chi connectivity index (χ0v) is 24.5. The van der Waals surface area contributed by atoms with Gasteiger partial charge in [0, 0.05) is 19.0 Å². The Morgan fingerprint density at radius 1 is 0.897 bits per heavy atom. The van der Waals surface area contributed by atoms with Crippen LogP contribution in [0.1, 0.15) is 31.4 Å². The molecule has 0 unspecified atom stereocenters. The second kappa shape index (κ2) is 13.8. The molecule has 208 valence electrons. The van der Waals surface area contributed by atoms with Crippen molar-refractivity contribution in [2.75, 3.05) is 17.1 Å². The average Bonchev–Trinajstić information content (AvgIpc) is 2.91. The predicted molar refractivity (Wildman–Crippen MR) is 157 cm³/mol. The molecule has 3 rings (SSSR count). The minimum atomic E-state index is -3.94. The van der Waals surface area contributed by atoms with Crippen molar-refractivity contribution in [3.8, 4) is 0 Å². The van der Waals surface area contributed by atoms with E-state index >= 15 is 0 Å². The molecular weight excluding hydrogens is 557 g/mol. The SMILES string of the molecule is CC[C@H](C)NC(=O)[C@@H](Cc1ccccc1)N(Cc1ccccc1)C(=O)CN(c1cccc(Cl)c1Cl)S(C)(=O)=O. The highest BCUT2D eigenvalue weighted by molar-refractivity contribution is 7.92.